The van der Waals surface area contributed by atoms with Crippen LogP contribution < -0.4 is 15.0 Å². The average Bonchev–Trinajstić information content (AvgIpc) is 2.71. The van der Waals surface area contributed by atoms with Crippen LogP contribution in [0.4, 0.5) is 10.5 Å². The van der Waals surface area contributed by atoms with Gasteiger partial charge in [0, 0.05) is 5.56 Å². The van der Waals surface area contributed by atoms with Crippen LogP contribution >= 0.6 is 0 Å². The number of nitrogens with zero attached hydrogens (tertiary/aromatic N) is 1. The van der Waals surface area contributed by atoms with Gasteiger partial charge in [0.25, 0.3) is 11.8 Å². The normalized spacial score (nSPS) is 15.8. The first-order valence-corrected chi connectivity index (χ1v) is 8.62. The van der Waals surface area contributed by atoms with Crippen LogP contribution in [0.3, 0.4) is 0 Å². The van der Waals surface area contributed by atoms with E-state index in [1.165, 1.54) is 13.2 Å². The van der Waals surface area contributed by atoms with Crippen LogP contribution in [0.5, 0.6) is 5.75 Å². The second-order valence-corrected chi connectivity index (χ2v) is 6.20. The molecule has 4 rings (SSSR count). The zero-order chi connectivity index (χ0) is 19.7. The zero-order valence-corrected chi connectivity index (χ0v) is 15.0. The molecular weight excluding hydrogens is 356 g/mol. The van der Waals surface area contributed by atoms with Crippen molar-refractivity contribution >= 4 is 40.4 Å². The average molecular weight is 372 g/mol. The molecular formula is C22H16N2O4. The monoisotopic (exact) mass is 372 g/mol. The maximum Gasteiger partial charge on any atom is 0.335 e. The van der Waals surface area contributed by atoms with Crippen LogP contribution in [0.2, 0.25) is 0 Å². The van der Waals surface area contributed by atoms with E-state index < -0.39 is 17.8 Å². The van der Waals surface area contributed by atoms with Crippen molar-refractivity contribution in [1.82, 2.24) is 5.32 Å². The van der Waals surface area contributed by atoms with Crippen molar-refractivity contribution in [2.45, 2.75) is 0 Å². The summed E-state index contributed by atoms with van der Waals surface area (Å²) >= 11 is 0. The molecule has 3 aromatic rings. The molecule has 1 aliphatic heterocycles. The number of methoxy groups -OCH3 is 1. The van der Waals surface area contributed by atoms with Gasteiger partial charge >= 0.3 is 6.03 Å². The predicted molar refractivity (Wildman–Crippen MR) is 106 cm³/mol. The fraction of sp³-hybridized carbons (Fsp3) is 0.0455. The molecule has 138 valence electrons. The van der Waals surface area contributed by atoms with E-state index in [0.717, 1.165) is 15.7 Å². The number of hydrogen-bond acceptors (Lipinski definition) is 4. The van der Waals surface area contributed by atoms with Gasteiger partial charge < -0.3 is 4.74 Å². The Balaban J connectivity index is 1.87. The number of ether oxygens (including phenoxy) is 1. The van der Waals surface area contributed by atoms with Crippen molar-refractivity contribution in [3.8, 4) is 5.75 Å². The topological polar surface area (TPSA) is 75.7 Å². The van der Waals surface area contributed by atoms with Crippen molar-refractivity contribution in [2.24, 2.45) is 0 Å². The third-order valence-electron chi connectivity index (χ3n) is 4.56. The van der Waals surface area contributed by atoms with Crippen molar-refractivity contribution in [1.29, 1.82) is 0 Å². The number of fused-ring (bicyclic) bond motifs is 1. The number of benzene rings is 3. The Morgan fingerprint density at radius 3 is 2.36 bits per heavy atom. The Morgan fingerprint density at radius 2 is 1.61 bits per heavy atom. The molecule has 1 heterocycles. The van der Waals surface area contributed by atoms with Gasteiger partial charge in [0.1, 0.15) is 11.3 Å². The van der Waals surface area contributed by atoms with Gasteiger partial charge in [-0.3, -0.25) is 14.9 Å². The number of barbiturate groups is 1. The lowest BCUT2D eigenvalue weighted by molar-refractivity contribution is -0.122. The second kappa shape index (κ2) is 7.00. The van der Waals surface area contributed by atoms with Crippen LogP contribution in [0.1, 0.15) is 5.56 Å². The van der Waals surface area contributed by atoms with Crippen molar-refractivity contribution in [3.63, 3.8) is 0 Å². The number of carbonyl (C=O) groups excluding carboxylic acids is 3. The first-order valence-electron chi connectivity index (χ1n) is 8.62. The summed E-state index contributed by atoms with van der Waals surface area (Å²) in [4.78, 5) is 38.7. The Hall–Kier alpha value is -3.93. The Kier molecular flexibility index (Phi) is 4.37. The molecule has 0 atom stereocenters. The highest BCUT2D eigenvalue weighted by molar-refractivity contribution is 6.39. The Labute approximate surface area is 161 Å². The fourth-order valence-corrected chi connectivity index (χ4v) is 3.22. The van der Waals surface area contributed by atoms with Gasteiger partial charge in [0.2, 0.25) is 0 Å². The van der Waals surface area contributed by atoms with Crippen LogP contribution in [0.15, 0.2) is 72.3 Å². The lowest BCUT2D eigenvalue weighted by Crippen LogP contribution is -2.54. The van der Waals surface area contributed by atoms with Gasteiger partial charge in [0.05, 0.1) is 12.8 Å². The molecule has 0 spiro atoms. The minimum absolute atomic E-state index is 0.141. The van der Waals surface area contributed by atoms with E-state index in [2.05, 4.69) is 5.32 Å². The number of urea groups is 1. The molecule has 0 aromatic heterocycles. The predicted octanol–water partition coefficient (Wildman–Crippen LogP) is 3.51. The van der Waals surface area contributed by atoms with Crippen LogP contribution in [0, 0.1) is 0 Å². The van der Waals surface area contributed by atoms with Gasteiger partial charge in [-0.25, -0.2) is 9.69 Å². The molecule has 1 fully saturated rings. The SMILES string of the molecule is COc1ccc2ccccc2c1/C=C1\C(=O)NC(=O)N(c2ccccc2)C1=O. The van der Waals surface area contributed by atoms with Gasteiger partial charge in [-0.1, -0.05) is 48.5 Å². The largest absolute Gasteiger partial charge is 0.496 e. The van der Waals surface area contributed by atoms with Gasteiger partial charge in [0.15, 0.2) is 0 Å². The van der Waals surface area contributed by atoms with E-state index in [9.17, 15) is 14.4 Å². The summed E-state index contributed by atoms with van der Waals surface area (Å²) in [5.74, 6) is -0.901. The number of rotatable bonds is 3. The number of carbonyl (C=O) groups is 3. The highest BCUT2D eigenvalue weighted by Crippen LogP contribution is 2.31. The van der Waals surface area contributed by atoms with E-state index >= 15 is 0 Å². The number of imide groups is 2. The van der Waals surface area contributed by atoms with Crippen LogP contribution in [0.25, 0.3) is 16.8 Å². The zero-order valence-electron chi connectivity index (χ0n) is 15.0. The summed E-state index contributed by atoms with van der Waals surface area (Å²) < 4.78 is 5.43. The molecule has 28 heavy (non-hydrogen) atoms. The minimum Gasteiger partial charge on any atom is -0.496 e. The summed E-state index contributed by atoms with van der Waals surface area (Å²) in [6.07, 6.45) is 1.47. The smallest absolute Gasteiger partial charge is 0.335 e. The number of para-hydroxylation sites is 1. The number of anilines is 1. The highest BCUT2D eigenvalue weighted by atomic mass is 16.5. The van der Waals surface area contributed by atoms with Crippen LogP contribution in [-0.2, 0) is 9.59 Å². The summed E-state index contributed by atoms with van der Waals surface area (Å²) in [6.45, 7) is 0. The fourth-order valence-electron chi connectivity index (χ4n) is 3.22. The van der Waals surface area contributed by atoms with E-state index in [0.29, 0.717) is 17.0 Å². The highest BCUT2D eigenvalue weighted by Gasteiger charge is 2.37. The molecule has 1 aliphatic rings. The van der Waals surface area contributed by atoms with Gasteiger partial charge in [-0.05, 0) is 35.0 Å². The first kappa shape index (κ1) is 17.5. The molecule has 0 aliphatic carbocycles. The molecule has 4 amide bonds. The quantitative estimate of drug-likeness (QED) is 0.564. The summed E-state index contributed by atoms with van der Waals surface area (Å²) in [5.41, 5.74) is 0.841. The maximum absolute atomic E-state index is 13.0. The Morgan fingerprint density at radius 1 is 0.893 bits per heavy atom. The first-order chi connectivity index (χ1) is 13.6. The minimum atomic E-state index is -0.775. The molecule has 0 unspecified atom stereocenters. The van der Waals surface area contributed by atoms with E-state index in [1.54, 1.807) is 36.4 Å². The summed E-state index contributed by atoms with van der Waals surface area (Å²) in [7, 11) is 1.52. The maximum atomic E-state index is 13.0. The Bertz CT molecular complexity index is 1140. The number of hydrogen-bond donors (Lipinski definition) is 1. The standard InChI is InChI=1S/C22H16N2O4/c1-28-19-12-11-14-7-5-6-10-16(14)17(19)13-18-20(25)23-22(27)24(21(18)26)15-8-3-2-4-9-15/h2-13H,1H3,(H,23,25,27)/b18-13+. The second-order valence-electron chi connectivity index (χ2n) is 6.20. The molecule has 1 N–H and O–H groups in total. The van der Waals surface area contributed by atoms with E-state index in [-0.39, 0.29) is 5.57 Å². The van der Waals surface area contributed by atoms with Crippen molar-refractivity contribution < 1.29 is 19.1 Å². The molecule has 6 nitrogen and oxygen atoms in total. The molecule has 6 heteroatoms. The lowest BCUT2D eigenvalue weighted by atomic mass is 9.99. The van der Waals surface area contributed by atoms with Gasteiger partial charge in [-0.15, -0.1) is 0 Å². The third kappa shape index (κ3) is 2.91. The van der Waals surface area contributed by atoms with E-state index in [1.807, 2.05) is 30.3 Å². The van der Waals surface area contributed by atoms with Crippen molar-refractivity contribution in [3.05, 3.63) is 77.9 Å². The van der Waals surface area contributed by atoms with Crippen molar-refractivity contribution in [2.75, 3.05) is 12.0 Å². The molecule has 0 saturated carbocycles. The third-order valence-corrected chi connectivity index (χ3v) is 4.56. The summed E-state index contributed by atoms with van der Waals surface area (Å²) in [6, 6.07) is 18.9. The number of nitrogens with one attached hydrogen (secondary N) is 1. The molecule has 0 radical (unpaired) electrons. The van der Waals surface area contributed by atoms with Gasteiger partial charge in [-0.2, -0.15) is 0 Å². The summed E-state index contributed by atoms with van der Waals surface area (Å²) in [5, 5.41) is 4.00. The van der Waals surface area contributed by atoms with Crippen LogP contribution in [-0.4, -0.2) is 25.0 Å². The molecule has 0 bridgehead atoms. The van der Waals surface area contributed by atoms with E-state index in [4.69, 9.17) is 4.74 Å². The molecule has 3 aromatic carbocycles. The number of amides is 4. The lowest BCUT2D eigenvalue weighted by Gasteiger charge is -2.26. The molecule has 1 saturated heterocycles.